The number of rotatable bonds is 11. The summed E-state index contributed by atoms with van der Waals surface area (Å²) < 4.78 is 26.3. The van der Waals surface area contributed by atoms with E-state index in [9.17, 15) is 8.42 Å². The van der Waals surface area contributed by atoms with Gasteiger partial charge in [-0.2, -0.15) is 0 Å². The van der Waals surface area contributed by atoms with Crippen LogP contribution in [0.1, 0.15) is 39.2 Å². The molecular weight excluding hydrogens is 374 g/mol. The molecule has 1 aromatic rings. The first kappa shape index (κ1) is 24.4. The summed E-state index contributed by atoms with van der Waals surface area (Å²) in [6, 6.07) is 7.33. The second-order valence-corrected chi connectivity index (χ2v) is 9.16. The quantitative estimate of drug-likeness (QED) is 0.431. The van der Waals surface area contributed by atoms with Crippen LogP contribution in [-0.4, -0.2) is 70.4 Å². The van der Waals surface area contributed by atoms with Crippen LogP contribution in [0.3, 0.4) is 0 Å². The van der Waals surface area contributed by atoms with Crippen molar-refractivity contribution in [3.8, 4) is 0 Å². The molecule has 8 heteroatoms. The van der Waals surface area contributed by atoms with Crippen LogP contribution in [0.2, 0.25) is 0 Å². The highest BCUT2D eigenvalue weighted by Gasteiger charge is 2.20. The van der Waals surface area contributed by atoms with Gasteiger partial charge in [-0.25, -0.2) is 12.7 Å². The molecule has 0 aliphatic rings. The van der Waals surface area contributed by atoms with Crippen molar-refractivity contribution in [3.63, 3.8) is 0 Å². The van der Waals surface area contributed by atoms with E-state index in [0.29, 0.717) is 23.0 Å². The summed E-state index contributed by atoms with van der Waals surface area (Å²) in [5.74, 6) is 0.674. The lowest BCUT2D eigenvalue weighted by Gasteiger charge is -2.21. The van der Waals surface area contributed by atoms with Crippen molar-refractivity contribution in [2.24, 2.45) is 4.99 Å². The summed E-state index contributed by atoms with van der Waals surface area (Å²) in [7, 11) is 1.32. The van der Waals surface area contributed by atoms with Gasteiger partial charge in [0.25, 0.3) is 0 Å². The second-order valence-electron chi connectivity index (χ2n) is 7.04. The Kier molecular flexibility index (Phi) is 10.5. The first-order valence-corrected chi connectivity index (χ1v) is 11.4. The summed E-state index contributed by atoms with van der Waals surface area (Å²) in [4.78, 5) is 7.00. The standard InChI is InChI=1S/C20H37N5O2S/c1-7-25(8-2)15-11-12-17(3)23-20(21-4)22-16-18-13-9-10-14-19(18)28(26,27)24(5)6/h9-10,13-14,17H,7-8,11-12,15-16H2,1-6H3,(H2,21,22,23). The van der Waals surface area contributed by atoms with Gasteiger partial charge in [-0.1, -0.05) is 32.0 Å². The lowest BCUT2D eigenvalue weighted by Crippen LogP contribution is -2.42. The van der Waals surface area contributed by atoms with Crippen LogP contribution in [0.5, 0.6) is 0 Å². The van der Waals surface area contributed by atoms with E-state index in [2.05, 4.69) is 41.3 Å². The Morgan fingerprint density at radius 1 is 1.18 bits per heavy atom. The molecule has 1 aromatic carbocycles. The Morgan fingerprint density at radius 2 is 1.82 bits per heavy atom. The molecule has 1 rings (SSSR count). The molecule has 0 amide bonds. The van der Waals surface area contributed by atoms with Gasteiger partial charge in [0.05, 0.1) is 4.90 Å². The molecule has 0 aliphatic heterocycles. The number of guanidine groups is 1. The van der Waals surface area contributed by atoms with E-state index in [4.69, 9.17) is 0 Å². The zero-order valence-electron chi connectivity index (χ0n) is 18.2. The molecule has 0 saturated heterocycles. The van der Waals surface area contributed by atoms with Crippen molar-refractivity contribution in [2.45, 2.75) is 51.1 Å². The average Bonchev–Trinajstić information content (AvgIpc) is 2.68. The van der Waals surface area contributed by atoms with E-state index in [1.54, 1.807) is 33.3 Å². The third kappa shape index (κ3) is 7.41. The zero-order chi connectivity index (χ0) is 21.2. The Bertz CT molecular complexity index is 715. The Balaban J connectivity index is 2.64. The van der Waals surface area contributed by atoms with Gasteiger partial charge in [-0.15, -0.1) is 0 Å². The van der Waals surface area contributed by atoms with E-state index >= 15 is 0 Å². The molecule has 0 saturated carbocycles. The topological polar surface area (TPSA) is 77.0 Å². The van der Waals surface area contributed by atoms with Crippen LogP contribution < -0.4 is 10.6 Å². The van der Waals surface area contributed by atoms with Crippen LogP contribution in [0.4, 0.5) is 0 Å². The number of hydrogen-bond acceptors (Lipinski definition) is 4. The fourth-order valence-electron chi connectivity index (χ4n) is 2.94. The predicted molar refractivity (Wildman–Crippen MR) is 117 cm³/mol. The molecule has 7 nitrogen and oxygen atoms in total. The summed E-state index contributed by atoms with van der Waals surface area (Å²) in [6.07, 6.45) is 2.17. The minimum absolute atomic E-state index is 0.280. The van der Waals surface area contributed by atoms with Crippen molar-refractivity contribution >= 4 is 16.0 Å². The number of benzene rings is 1. The minimum atomic E-state index is -3.48. The first-order chi connectivity index (χ1) is 13.3. The van der Waals surface area contributed by atoms with Gasteiger partial charge in [-0.05, 0) is 51.0 Å². The molecule has 0 spiro atoms. The van der Waals surface area contributed by atoms with Crippen LogP contribution in [0.15, 0.2) is 34.2 Å². The number of hydrogen-bond donors (Lipinski definition) is 2. The molecule has 0 bridgehead atoms. The van der Waals surface area contributed by atoms with E-state index in [1.807, 2.05) is 12.1 Å². The molecular formula is C20H37N5O2S. The third-order valence-corrected chi connectivity index (χ3v) is 6.71. The van der Waals surface area contributed by atoms with Crippen LogP contribution in [0, 0.1) is 0 Å². The van der Waals surface area contributed by atoms with Crippen LogP contribution in [-0.2, 0) is 16.6 Å². The predicted octanol–water partition coefficient (Wildman–Crippen LogP) is 2.11. The molecule has 0 aromatic heterocycles. The molecule has 1 unspecified atom stereocenters. The smallest absolute Gasteiger partial charge is 0.242 e. The van der Waals surface area contributed by atoms with Gasteiger partial charge in [0.1, 0.15) is 0 Å². The SMILES string of the molecule is CCN(CC)CCCC(C)NC(=NC)NCc1ccccc1S(=O)(=O)N(C)C. The van der Waals surface area contributed by atoms with E-state index in [-0.39, 0.29) is 6.04 Å². The lowest BCUT2D eigenvalue weighted by atomic mass is 10.2. The van der Waals surface area contributed by atoms with Crippen molar-refractivity contribution < 1.29 is 8.42 Å². The zero-order valence-corrected chi connectivity index (χ0v) is 19.0. The van der Waals surface area contributed by atoms with Crippen molar-refractivity contribution in [1.29, 1.82) is 0 Å². The second kappa shape index (κ2) is 12.0. The summed E-state index contributed by atoms with van der Waals surface area (Å²) in [6.45, 7) is 10.2. The molecule has 160 valence electrons. The van der Waals surface area contributed by atoms with Crippen molar-refractivity contribution in [2.75, 3.05) is 40.8 Å². The number of nitrogens with zero attached hydrogens (tertiary/aromatic N) is 3. The highest BCUT2D eigenvalue weighted by atomic mass is 32.2. The number of nitrogens with one attached hydrogen (secondary N) is 2. The van der Waals surface area contributed by atoms with Crippen LogP contribution in [0.25, 0.3) is 0 Å². The summed E-state index contributed by atoms with van der Waals surface area (Å²) >= 11 is 0. The summed E-state index contributed by atoms with van der Waals surface area (Å²) in [5.41, 5.74) is 0.716. The number of sulfonamides is 1. The Hall–Kier alpha value is -1.64. The van der Waals surface area contributed by atoms with E-state index < -0.39 is 10.0 Å². The fraction of sp³-hybridized carbons (Fsp3) is 0.650. The Labute approximate surface area is 171 Å². The van der Waals surface area contributed by atoms with Gasteiger partial charge in [0.2, 0.25) is 10.0 Å². The minimum Gasteiger partial charge on any atom is -0.354 e. The van der Waals surface area contributed by atoms with Gasteiger partial charge in [0, 0.05) is 33.7 Å². The maximum atomic E-state index is 12.5. The lowest BCUT2D eigenvalue weighted by molar-refractivity contribution is 0.292. The number of aliphatic imine (C=N–C) groups is 1. The molecule has 2 N–H and O–H groups in total. The average molecular weight is 412 g/mol. The summed E-state index contributed by atoms with van der Waals surface area (Å²) in [5, 5.41) is 6.62. The van der Waals surface area contributed by atoms with Gasteiger partial charge < -0.3 is 15.5 Å². The van der Waals surface area contributed by atoms with Crippen molar-refractivity contribution in [3.05, 3.63) is 29.8 Å². The van der Waals surface area contributed by atoms with Crippen LogP contribution >= 0.6 is 0 Å². The highest BCUT2D eigenvalue weighted by molar-refractivity contribution is 7.89. The highest BCUT2D eigenvalue weighted by Crippen LogP contribution is 2.18. The maximum absolute atomic E-state index is 12.5. The fourth-order valence-corrected chi connectivity index (χ4v) is 4.05. The molecule has 0 aliphatic carbocycles. The van der Waals surface area contributed by atoms with E-state index in [0.717, 1.165) is 32.5 Å². The van der Waals surface area contributed by atoms with Crippen molar-refractivity contribution in [1.82, 2.24) is 19.8 Å². The Morgan fingerprint density at radius 3 is 2.39 bits per heavy atom. The monoisotopic (exact) mass is 411 g/mol. The molecule has 0 heterocycles. The third-order valence-electron chi connectivity index (χ3n) is 4.79. The van der Waals surface area contributed by atoms with Gasteiger partial charge >= 0.3 is 0 Å². The molecule has 0 radical (unpaired) electrons. The van der Waals surface area contributed by atoms with Gasteiger partial charge in [0.15, 0.2) is 5.96 Å². The molecule has 1 atom stereocenters. The van der Waals surface area contributed by atoms with E-state index in [1.165, 1.54) is 4.31 Å². The largest absolute Gasteiger partial charge is 0.354 e. The first-order valence-electron chi connectivity index (χ1n) is 9.96. The normalized spacial score (nSPS) is 13.8. The van der Waals surface area contributed by atoms with Gasteiger partial charge in [-0.3, -0.25) is 4.99 Å². The molecule has 0 fully saturated rings. The maximum Gasteiger partial charge on any atom is 0.242 e. The molecule has 28 heavy (non-hydrogen) atoms.